The van der Waals surface area contributed by atoms with Gasteiger partial charge < -0.3 is 28.4 Å². The number of nitrogens with zero attached hydrogens (tertiary/aromatic N) is 8. The predicted octanol–water partition coefficient (Wildman–Crippen LogP) is 9.16. The molecule has 1 radical (unpaired) electrons. The molecular formula is C48H38F3IrN8-3. The summed E-state index contributed by atoms with van der Waals surface area (Å²) in [5.74, 6) is -1.37. The molecule has 0 aliphatic carbocycles. The summed E-state index contributed by atoms with van der Waals surface area (Å²) in [4.78, 5) is 7.05. The molecule has 0 spiro atoms. The molecule has 0 amide bonds. The Balaban J connectivity index is 0.000000138. The minimum absolute atomic E-state index is 0. The number of aryl methyl sites for hydroxylation is 2. The Labute approximate surface area is 359 Å². The number of aromatic nitrogens is 8. The van der Waals surface area contributed by atoms with E-state index in [1.165, 1.54) is 67.4 Å². The van der Waals surface area contributed by atoms with Crippen molar-refractivity contribution in [2.24, 2.45) is 14.1 Å². The molecule has 0 atom stereocenters. The number of alkyl halides is 3. The Bertz CT molecular complexity index is 2960. The molecule has 0 aliphatic heterocycles. The molecule has 8 nitrogen and oxygen atoms in total. The van der Waals surface area contributed by atoms with Gasteiger partial charge in [-0.1, -0.05) is 88.3 Å². The Hall–Kier alpha value is -6.49. The summed E-state index contributed by atoms with van der Waals surface area (Å²) in [6.07, 6.45) is 3.65. The zero-order chi connectivity index (χ0) is 41.4. The molecule has 10 aromatic rings. The maximum Gasteiger partial charge on any atom is 0.429 e. The Morgan fingerprint density at radius 3 is 1.37 bits per heavy atom. The molecule has 0 saturated carbocycles. The van der Waals surface area contributed by atoms with E-state index in [0.29, 0.717) is 0 Å². The van der Waals surface area contributed by atoms with Gasteiger partial charge in [0.2, 0.25) is 12.7 Å². The Kier molecular flexibility index (Phi) is 11.8. The topological polar surface area (TPSA) is 70.4 Å². The van der Waals surface area contributed by atoms with Crippen LogP contribution >= 0.6 is 0 Å². The van der Waals surface area contributed by atoms with E-state index in [9.17, 15) is 13.2 Å². The summed E-state index contributed by atoms with van der Waals surface area (Å²) in [6, 6.07) is 45.9. The number of pyridine rings is 1. The van der Waals surface area contributed by atoms with Crippen molar-refractivity contribution in [3.63, 3.8) is 0 Å². The van der Waals surface area contributed by atoms with Crippen LogP contribution in [0.2, 0.25) is 0 Å². The van der Waals surface area contributed by atoms with E-state index in [4.69, 9.17) is 0 Å². The van der Waals surface area contributed by atoms with Crippen molar-refractivity contribution in [2.75, 3.05) is 0 Å². The SMILES string of the molecule is Cc1c(C)[n+](C)[c-]n1-c1[c-]c2ccccc2c2ccccc12.Cc1c(C)[n+](C)[c-]n1-c1[c-]c2ccccc2c2ccccc12.FC(F)(F)c1n[n-]c(-c2ccccn2)n1.[Ir]. The number of halogens is 3. The van der Waals surface area contributed by atoms with E-state index in [-0.39, 0.29) is 31.6 Å². The number of rotatable bonds is 3. The van der Waals surface area contributed by atoms with E-state index in [1.807, 2.05) is 23.2 Å². The Morgan fingerprint density at radius 1 is 0.567 bits per heavy atom. The zero-order valence-electron chi connectivity index (χ0n) is 33.6. The molecule has 4 heterocycles. The first kappa shape index (κ1) is 41.7. The summed E-state index contributed by atoms with van der Waals surface area (Å²) in [5.41, 5.74) is 7.21. The van der Waals surface area contributed by atoms with Gasteiger partial charge in [0.1, 0.15) is 5.82 Å². The van der Waals surface area contributed by atoms with Crippen LogP contribution in [0.25, 0.3) is 66.0 Å². The monoisotopic (exact) mass is 976 g/mol. The first-order valence-corrected chi connectivity index (χ1v) is 18.9. The van der Waals surface area contributed by atoms with Crippen molar-refractivity contribution in [3.05, 3.63) is 175 Å². The average molecular weight is 976 g/mol. The van der Waals surface area contributed by atoms with Gasteiger partial charge in [-0.05, 0) is 57.0 Å². The molecule has 12 heteroatoms. The molecule has 10 rings (SSSR count). The summed E-state index contributed by atoms with van der Waals surface area (Å²) in [5, 5.41) is 15.9. The van der Waals surface area contributed by atoms with Gasteiger partial charge in [0.05, 0.1) is 19.8 Å². The molecule has 0 N–H and O–H groups in total. The summed E-state index contributed by atoms with van der Waals surface area (Å²) in [7, 11) is 4.06. The van der Waals surface area contributed by atoms with Crippen molar-refractivity contribution >= 4 is 43.1 Å². The average Bonchev–Trinajstić information content (AvgIpc) is 3.94. The van der Waals surface area contributed by atoms with Crippen LogP contribution in [-0.2, 0) is 40.4 Å². The standard InChI is InChI=1S/2C20H17N2.C8H4F3N4.Ir/c2*1-14-15(2)22(13-21(14)3)20-12-16-8-4-5-9-17(16)18-10-6-7-11-19(18)20;9-8(10,11)7-13-6(14-15-7)5-3-1-2-4-12-5;/h2*4-11H,1-3H3;1-4H;/q3*-1;. The van der Waals surface area contributed by atoms with Gasteiger partial charge in [0.15, 0.2) is 0 Å². The third-order valence-electron chi connectivity index (χ3n) is 10.6. The van der Waals surface area contributed by atoms with Crippen LogP contribution in [0.3, 0.4) is 0 Å². The first-order valence-electron chi connectivity index (χ1n) is 18.9. The summed E-state index contributed by atoms with van der Waals surface area (Å²) < 4.78 is 44.7. The van der Waals surface area contributed by atoms with Crippen molar-refractivity contribution in [1.29, 1.82) is 0 Å². The second-order valence-electron chi connectivity index (χ2n) is 14.1. The summed E-state index contributed by atoms with van der Waals surface area (Å²) in [6.45, 7) is 8.49. The molecule has 0 fully saturated rings. The molecule has 0 saturated heterocycles. The zero-order valence-corrected chi connectivity index (χ0v) is 36.0. The maximum absolute atomic E-state index is 12.1. The fourth-order valence-electron chi connectivity index (χ4n) is 7.05. The quantitative estimate of drug-likeness (QED) is 0.101. The van der Waals surface area contributed by atoms with E-state index < -0.39 is 12.0 Å². The molecule has 0 aliphatic rings. The van der Waals surface area contributed by atoms with Gasteiger partial charge in [-0.15, -0.1) is 70.1 Å². The van der Waals surface area contributed by atoms with E-state index in [0.717, 1.165) is 22.1 Å². The van der Waals surface area contributed by atoms with Gasteiger partial charge in [-0.25, -0.2) is 0 Å². The molecule has 0 unspecified atom stereocenters. The molecular weight excluding hydrogens is 938 g/mol. The predicted molar refractivity (Wildman–Crippen MR) is 222 cm³/mol. The largest absolute Gasteiger partial charge is 0.429 e. The van der Waals surface area contributed by atoms with Gasteiger partial charge in [0.25, 0.3) is 0 Å². The molecule has 60 heavy (non-hydrogen) atoms. The van der Waals surface area contributed by atoms with Gasteiger partial charge >= 0.3 is 6.18 Å². The van der Waals surface area contributed by atoms with Gasteiger partial charge in [-0.2, -0.15) is 13.2 Å². The van der Waals surface area contributed by atoms with Crippen molar-refractivity contribution in [2.45, 2.75) is 33.9 Å². The van der Waals surface area contributed by atoms with Crippen LogP contribution in [-0.4, -0.2) is 24.2 Å². The number of hydrogen-bond donors (Lipinski definition) is 0. The van der Waals surface area contributed by atoms with Crippen LogP contribution in [0.5, 0.6) is 0 Å². The maximum atomic E-state index is 12.1. The minimum atomic E-state index is -4.57. The second-order valence-corrected chi connectivity index (χ2v) is 14.1. The van der Waals surface area contributed by atoms with Crippen molar-refractivity contribution < 1.29 is 42.4 Å². The molecule has 6 aromatic carbocycles. The van der Waals surface area contributed by atoms with Gasteiger partial charge in [-0.3, -0.25) is 10.1 Å². The van der Waals surface area contributed by atoms with Crippen LogP contribution in [0.4, 0.5) is 13.2 Å². The second kappa shape index (κ2) is 17.0. The van der Waals surface area contributed by atoms with E-state index >= 15 is 0 Å². The third kappa shape index (κ3) is 7.96. The number of benzene rings is 6. The third-order valence-corrected chi connectivity index (χ3v) is 10.6. The number of hydrogen-bond acceptors (Lipinski definition) is 3. The molecule has 4 aromatic heterocycles. The first-order chi connectivity index (χ1) is 28.4. The number of fused-ring (bicyclic) bond motifs is 6. The normalized spacial score (nSPS) is 11.3. The number of imidazole rings is 2. The van der Waals surface area contributed by atoms with E-state index in [2.05, 4.69) is 179 Å². The smallest absolute Gasteiger partial charge is 0.413 e. The van der Waals surface area contributed by atoms with Crippen LogP contribution in [0, 0.1) is 52.5 Å². The van der Waals surface area contributed by atoms with Crippen molar-refractivity contribution in [3.8, 4) is 22.9 Å². The fourth-order valence-corrected chi connectivity index (χ4v) is 7.05. The fraction of sp³-hybridized carbons (Fsp3) is 0.146. The van der Waals surface area contributed by atoms with Crippen LogP contribution < -0.4 is 14.2 Å². The minimum Gasteiger partial charge on any atom is -0.413 e. The van der Waals surface area contributed by atoms with Crippen molar-refractivity contribution in [1.82, 2.24) is 29.3 Å². The molecule has 303 valence electrons. The van der Waals surface area contributed by atoms with E-state index in [1.54, 1.807) is 12.1 Å². The van der Waals surface area contributed by atoms with Gasteiger partial charge in [0, 0.05) is 49.1 Å². The Morgan fingerprint density at radius 2 is 0.983 bits per heavy atom. The summed E-state index contributed by atoms with van der Waals surface area (Å²) >= 11 is 0. The van der Waals surface area contributed by atoms with Crippen LogP contribution in [0.1, 0.15) is 28.6 Å². The molecule has 0 bridgehead atoms. The van der Waals surface area contributed by atoms with Crippen LogP contribution in [0.15, 0.2) is 121 Å².